The van der Waals surface area contributed by atoms with E-state index in [1.54, 1.807) is 6.26 Å². The van der Waals surface area contributed by atoms with Gasteiger partial charge in [-0.15, -0.1) is 24.0 Å². The van der Waals surface area contributed by atoms with Gasteiger partial charge in [-0.1, -0.05) is 6.42 Å². The van der Waals surface area contributed by atoms with Crippen molar-refractivity contribution in [2.75, 3.05) is 46.3 Å². The molecule has 3 heterocycles. The Bertz CT molecular complexity index is 545. The van der Waals surface area contributed by atoms with Crippen LogP contribution in [0.15, 0.2) is 27.8 Å². The second kappa shape index (κ2) is 11.9. The maximum Gasteiger partial charge on any atom is 0.191 e. The molecule has 0 radical (unpaired) electrons. The lowest BCUT2D eigenvalue weighted by molar-refractivity contribution is 0.150. The van der Waals surface area contributed by atoms with Gasteiger partial charge in [0.05, 0.1) is 18.8 Å². The Morgan fingerprint density at radius 1 is 1.22 bits per heavy atom. The van der Waals surface area contributed by atoms with Crippen LogP contribution in [0.4, 0.5) is 0 Å². The molecule has 0 amide bonds. The third-order valence-corrected chi connectivity index (χ3v) is 5.65. The molecule has 0 bridgehead atoms. The maximum atomic E-state index is 5.74. The average molecular weight is 489 g/mol. The molecule has 0 spiro atoms. The molecule has 6 nitrogen and oxygen atoms in total. The van der Waals surface area contributed by atoms with Crippen molar-refractivity contribution < 1.29 is 4.42 Å². The summed E-state index contributed by atoms with van der Waals surface area (Å²) < 4.78 is 5.74. The summed E-state index contributed by atoms with van der Waals surface area (Å²) in [4.78, 5) is 9.87. The van der Waals surface area contributed by atoms with Gasteiger partial charge in [0.1, 0.15) is 5.76 Å². The molecule has 0 aromatic carbocycles. The number of guanidine groups is 1. The Balaban J connectivity index is 0.00000261. The lowest BCUT2D eigenvalue weighted by atomic mass is 10.1. The van der Waals surface area contributed by atoms with E-state index in [1.807, 2.05) is 6.07 Å². The molecule has 0 saturated carbocycles. The first-order chi connectivity index (χ1) is 12.8. The van der Waals surface area contributed by atoms with Crippen molar-refractivity contribution in [1.29, 1.82) is 0 Å². The summed E-state index contributed by atoms with van der Waals surface area (Å²) in [5.74, 6) is 1.95. The van der Waals surface area contributed by atoms with Crippen LogP contribution in [0.5, 0.6) is 0 Å². The van der Waals surface area contributed by atoms with Crippen molar-refractivity contribution in [3.05, 3.63) is 24.2 Å². The first kappa shape index (κ1) is 22.5. The topological polar surface area (TPSA) is 56.0 Å². The maximum absolute atomic E-state index is 5.74. The number of hydrogen-bond acceptors (Lipinski definition) is 4. The predicted octanol–water partition coefficient (Wildman–Crippen LogP) is 3.07. The van der Waals surface area contributed by atoms with Gasteiger partial charge in [0.2, 0.25) is 0 Å². The van der Waals surface area contributed by atoms with E-state index < -0.39 is 0 Å². The molecular weight excluding hydrogens is 453 g/mol. The van der Waals surface area contributed by atoms with Gasteiger partial charge < -0.3 is 20.0 Å². The highest BCUT2D eigenvalue weighted by Crippen LogP contribution is 2.25. The minimum Gasteiger partial charge on any atom is -0.468 e. The molecule has 154 valence electrons. The molecule has 2 unspecified atom stereocenters. The van der Waals surface area contributed by atoms with Crippen LogP contribution in [0.25, 0.3) is 0 Å². The van der Waals surface area contributed by atoms with Crippen molar-refractivity contribution in [3.63, 3.8) is 0 Å². The molecule has 2 aliphatic rings. The first-order valence-electron chi connectivity index (χ1n) is 10.3. The number of rotatable bonds is 7. The molecule has 7 heteroatoms. The number of nitrogens with one attached hydrogen (secondary N) is 2. The molecule has 2 atom stereocenters. The first-order valence-corrected chi connectivity index (χ1v) is 10.3. The van der Waals surface area contributed by atoms with Gasteiger partial charge in [-0.25, -0.2) is 0 Å². The molecule has 2 fully saturated rings. The number of hydrogen-bond donors (Lipinski definition) is 2. The van der Waals surface area contributed by atoms with Gasteiger partial charge in [0.15, 0.2) is 5.96 Å². The number of halogens is 1. The third kappa shape index (κ3) is 6.64. The number of nitrogens with zero attached hydrogens (tertiary/aromatic N) is 3. The molecule has 2 N–H and O–H groups in total. The number of furan rings is 1. The van der Waals surface area contributed by atoms with Crippen molar-refractivity contribution in [1.82, 2.24) is 20.4 Å². The van der Waals surface area contributed by atoms with E-state index in [2.05, 4.69) is 40.5 Å². The summed E-state index contributed by atoms with van der Waals surface area (Å²) in [6.45, 7) is 8.15. The van der Waals surface area contributed by atoms with Gasteiger partial charge in [-0.05, 0) is 71.4 Å². The lowest BCUT2D eigenvalue weighted by Crippen LogP contribution is -2.44. The third-order valence-electron chi connectivity index (χ3n) is 5.65. The Morgan fingerprint density at radius 3 is 2.67 bits per heavy atom. The summed E-state index contributed by atoms with van der Waals surface area (Å²) in [7, 11) is 2.21. The van der Waals surface area contributed by atoms with E-state index >= 15 is 0 Å². The smallest absolute Gasteiger partial charge is 0.191 e. The molecule has 1 aromatic heterocycles. The molecule has 3 rings (SSSR count). The molecular formula is C20H36IN5O. The van der Waals surface area contributed by atoms with Gasteiger partial charge >= 0.3 is 0 Å². The fraction of sp³-hybridized carbons (Fsp3) is 0.750. The Morgan fingerprint density at radius 2 is 2.04 bits per heavy atom. The molecule has 1 aromatic rings. The zero-order chi connectivity index (χ0) is 18.2. The van der Waals surface area contributed by atoms with Gasteiger partial charge in [0.25, 0.3) is 0 Å². The SMILES string of the molecule is CCNC(=NCC(c1ccco1)N1CCCCC1)NCC1CCCN1C.I. The van der Waals surface area contributed by atoms with Crippen molar-refractivity contribution in [2.45, 2.75) is 51.1 Å². The summed E-state index contributed by atoms with van der Waals surface area (Å²) in [6, 6.07) is 4.91. The van der Waals surface area contributed by atoms with Gasteiger partial charge in [-0.3, -0.25) is 9.89 Å². The number of aliphatic imine (C=N–C) groups is 1. The number of piperidine rings is 1. The predicted molar refractivity (Wildman–Crippen MR) is 122 cm³/mol. The van der Waals surface area contributed by atoms with Gasteiger partial charge in [0, 0.05) is 19.1 Å². The minimum absolute atomic E-state index is 0. The largest absolute Gasteiger partial charge is 0.468 e. The van der Waals surface area contributed by atoms with Crippen LogP contribution in [0.2, 0.25) is 0 Å². The fourth-order valence-corrected chi connectivity index (χ4v) is 4.07. The number of likely N-dealkylation sites (tertiary alicyclic amines) is 2. The van der Waals surface area contributed by atoms with Crippen LogP contribution in [0, 0.1) is 0 Å². The van der Waals surface area contributed by atoms with E-state index in [0.717, 1.165) is 44.4 Å². The van der Waals surface area contributed by atoms with Crippen molar-refractivity contribution in [3.8, 4) is 0 Å². The monoisotopic (exact) mass is 489 g/mol. The summed E-state index contributed by atoms with van der Waals surface area (Å²) in [5, 5.41) is 6.94. The zero-order valence-corrected chi connectivity index (χ0v) is 19.2. The van der Waals surface area contributed by atoms with Crippen LogP contribution in [-0.4, -0.2) is 68.1 Å². The highest BCUT2D eigenvalue weighted by atomic mass is 127. The van der Waals surface area contributed by atoms with Crippen LogP contribution in [0.3, 0.4) is 0 Å². The van der Waals surface area contributed by atoms with Crippen LogP contribution < -0.4 is 10.6 Å². The second-order valence-electron chi connectivity index (χ2n) is 7.51. The van der Waals surface area contributed by atoms with Crippen LogP contribution in [0.1, 0.15) is 50.8 Å². The normalized spacial score (nSPS) is 23.0. The Hall–Kier alpha value is -0.800. The fourth-order valence-electron chi connectivity index (χ4n) is 4.07. The van der Waals surface area contributed by atoms with Crippen LogP contribution in [-0.2, 0) is 0 Å². The van der Waals surface area contributed by atoms with E-state index in [4.69, 9.17) is 9.41 Å². The summed E-state index contributed by atoms with van der Waals surface area (Å²) in [6.07, 6.45) is 8.22. The Kier molecular flexibility index (Phi) is 9.92. The van der Waals surface area contributed by atoms with Crippen LogP contribution >= 0.6 is 24.0 Å². The highest BCUT2D eigenvalue weighted by Gasteiger charge is 2.25. The van der Waals surface area contributed by atoms with Crippen molar-refractivity contribution >= 4 is 29.9 Å². The second-order valence-corrected chi connectivity index (χ2v) is 7.51. The lowest BCUT2D eigenvalue weighted by Gasteiger charge is -2.32. The molecule has 27 heavy (non-hydrogen) atoms. The van der Waals surface area contributed by atoms with E-state index in [1.165, 1.54) is 38.6 Å². The summed E-state index contributed by atoms with van der Waals surface area (Å²) >= 11 is 0. The number of likely N-dealkylation sites (N-methyl/N-ethyl adjacent to an activating group) is 1. The van der Waals surface area contributed by atoms with E-state index in [9.17, 15) is 0 Å². The van der Waals surface area contributed by atoms with Gasteiger partial charge in [-0.2, -0.15) is 0 Å². The van der Waals surface area contributed by atoms with E-state index in [0.29, 0.717) is 6.04 Å². The molecule has 0 aliphatic carbocycles. The molecule has 2 aliphatic heterocycles. The standard InChI is InChI=1S/C20H35N5O.HI/c1-3-21-20(22-15-17-9-7-11-24(17)2)23-16-18(19-10-8-14-26-19)25-12-5-4-6-13-25;/h8,10,14,17-18H,3-7,9,11-13,15-16H2,1-2H3,(H2,21,22,23);1H. The summed E-state index contributed by atoms with van der Waals surface area (Å²) in [5.41, 5.74) is 0. The quantitative estimate of drug-likeness (QED) is 0.351. The highest BCUT2D eigenvalue weighted by molar-refractivity contribution is 14.0. The van der Waals surface area contributed by atoms with E-state index in [-0.39, 0.29) is 30.0 Å². The van der Waals surface area contributed by atoms with Crippen molar-refractivity contribution in [2.24, 2.45) is 4.99 Å². The minimum atomic E-state index is 0. The zero-order valence-electron chi connectivity index (χ0n) is 16.8. The molecule has 2 saturated heterocycles. The Labute approximate surface area is 181 Å². The average Bonchev–Trinajstić information content (AvgIpc) is 3.33.